The minimum absolute atomic E-state index is 0.0511. The number of aliphatic hydroxyl groups excluding tert-OH is 2. The summed E-state index contributed by atoms with van der Waals surface area (Å²) < 4.78 is 5.68. The third-order valence-corrected chi connectivity index (χ3v) is 7.66. The maximum atomic E-state index is 13.1. The minimum Gasteiger partial charge on any atom is -0.458 e. The Morgan fingerprint density at radius 2 is 2.00 bits per heavy atom. The van der Waals surface area contributed by atoms with Gasteiger partial charge in [-0.25, -0.2) is 4.98 Å². The van der Waals surface area contributed by atoms with Crippen LogP contribution >= 0.6 is 11.3 Å². The van der Waals surface area contributed by atoms with Gasteiger partial charge in [-0.05, 0) is 44.3 Å². The number of thiazole rings is 1. The van der Waals surface area contributed by atoms with Crippen molar-refractivity contribution >= 4 is 29.2 Å². The fraction of sp³-hybridized carbons (Fsp3) is 0.654. The molecule has 0 radical (unpaired) electrons. The number of carbonyl (C=O) groups is 2. The lowest BCUT2D eigenvalue weighted by Crippen LogP contribution is -2.45. The maximum absolute atomic E-state index is 13.1. The van der Waals surface area contributed by atoms with Gasteiger partial charge in [0, 0.05) is 24.3 Å². The van der Waals surface area contributed by atoms with Crippen molar-refractivity contribution in [3.63, 3.8) is 0 Å². The molecule has 8 heteroatoms. The first-order valence-electron chi connectivity index (χ1n) is 12.0. The summed E-state index contributed by atoms with van der Waals surface area (Å²) in [6.45, 7) is 9.29. The number of hydrogen-bond acceptors (Lipinski definition) is 8. The molecule has 2 heterocycles. The number of carbonyl (C=O) groups excluding carboxylic acids is 2. The lowest BCUT2D eigenvalue weighted by Gasteiger charge is -2.34. The number of cyclic esters (lactones) is 1. The number of hydrogen-bond donors (Lipinski definition) is 3. The number of aromatic nitrogens is 1. The summed E-state index contributed by atoms with van der Waals surface area (Å²) >= 11 is 1.47. The minimum atomic E-state index is -1.22. The third kappa shape index (κ3) is 7.83. The van der Waals surface area contributed by atoms with Crippen LogP contribution < -0.4 is 5.73 Å². The molecule has 7 nitrogen and oxygen atoms in total. The average Bonchev–Trinajstić information content (AvgIpc) is 3.26. The Kier molecular flexibility index (Phi) is 10.6. The molecule has 1 aromatic heterocycles. The average molecular weight is 493 g/mol. The van der Waals surface area contributed by atoms with Gasteiger partial charge in [-0.1, -0.05) is 39.3 Å². The molecule has 34 heavy (non-hydrogen) atoms. The molecule has 1 aromatic rings. The molecule has 190 valence electrons. The van der Waals surface area contributed by atoms with Crippen molar-refractivity contribution in [3.05, 3.63) is 33.8 Å². The van der Waals surface area contributed by atoms with Crippen LogP contribution in [-0.2, 0) is 20.9 Å². The fourth-order valence-corrected chi connectivity index (χ4v) is 4.83. The van der Waals surface area contributed by atoms with E-state index in [1.807, 2.05) is 25.3 Å². The van der Waals surface area contributed by atoms with Gasteiger partial charge in [0.15, 0.2) is 0 Å². The zero-order valence-corrected chi connectivity index (χ0v) is 21.8. The summed E-state index contributed by atoms with van der Waals surface area (Å²) in [5, 5.41) is 24.2. The summed E-state index contributed by atoms with van der Waals surface area (Å²) in [4.78, 5) is 30.2. The van der Waals surface area contributed by atoms with E-state index in [2.05, 4.69) is 11.1 Å². The Labute approximate surface area is 207 Å². The van der Waals surface area contributed by atoms with Crippen LogP contribution in [0, 0.1) is 17.3 Å². The second kappa shape index (κ2) is 12.7. The summed E-state index contributed by atoms with van der Waals surface area (Å²) in [5.41, 5.74) is 6.36. The molecule has 2 rings (SSSR count). The maximum Gasteiger partial charge on any atom is 0.309 e. The SMILES string of the molecule is CC1=CC[C@@H](C=Cc2csc(CN)n2)OC(=O)C[C@H](O)C(C)(C)C(=O)[C@H](C)[C@@H](O)[C@@H](C)CCC1. The van der Waals surface area contributed by atoms with E-state index in [1.165, 1.54) is 16.9 Å². The molecule has 0 spiro atoms. The molecule has 1 aliphatic heterocycles. The van der Waals surface area contributed by atoms with Crippen molar-refractivity contribution in [2.75, 3.05) is 0 Å². The highest BCUT2D eigenvalue weighted by atomic mass is 32.1. The highest BCUT2D eigenvalue weighted by molar-refractivity contribution is 7.09. The molecule has 0 saturated carbocycles. The lowest BCUT2D eigenvalue weighted by atomic mass is 9.73. The smallest absolute Gasteiger partial charge is 0.309 e. The molecule has 0 amide bonds. The van der Waals surface area contributed by atoms with Crippen LogP contribution in [0.15, 0.2) is 23.1 Å². The van der Waals surface area contributed by atoms with Gasteiger partial charge in [0.2, 0.25) is 0 Å². The number of ether oxygens (including phenoxy) is 1. The van der Waals surface area contributed by atoms with Gasteiger partial charge >= 0.3 is 5.97 Å². The molecule has 0 fully saturated rings. The Hall–Kier alpha value is -1.87. The predicted molar refractivity (Wildman–Crippen MR) is 135 cm³/mol. The number of nitrogens with zero attached hydrogens (tertiary/aromatic N) is 1. The Morgan fingerprint density at radius 1 is 1.29 bits per heavy atom. The van der Waals surface area contributed by atoms with Crippen molar-refractivity contribution in [3.8, 4) is 0 Å². The van der Waals surface area contributed by atoms with Crippen LogP contribution in [0.2, 0.25) is 0 Å². The van der Waals surface area contributed by atoms with Crippen molar-refractivity contribution < 1.29 is 24.5 Å². The van der Waals surface area contributed by atoms with E-state index in [0.717, 1.165) is 30.0 Å². The highest BCUT2D eigenvalue weighted by Crippen LogP contribution is 2.32. The molecule has 0 unspecified atom stereocenters. The van der Waals surface area contributed by atoms with E-state index in [-0.39, 0.29) is 18.1 Å². The highest BCUT2D eigenvalue weighted by Gasteiger charge is 2.42. The Morgan fingerprint density at radius 3 is 2.65 bits per heavy atom. The van der Waals surface area contributed by atoms with Crippen LogP contribution in [0.4, 0.5) is 0 Å². The van der Waals surface area contributed by atoms with E-state index in [0.29, 0.717) is 13.0 Å². The zero-order chi connectivity index (χ0) is 25.5. The number of ketones is 1. The standard InChI is InChI=1S/C26H40N2O5S/c1-16-7-6-8-17(2)24(31)18(3)25(32)26(4,5)21(29)13-23(30)33-20(11-9-16)12-10-19-15-34-22(14-27)28-19/h9-10,12,15,17-18,20-21,24,29,31H,6-8,11,13-14,27H2,1-5H3/t17-,18+,20-,21-,24-/m0/s1. The van der Waals surface area contributed by atoms with Gasteiger partial charge < -0.3 is 20.7 Å². The van der Waals surface area contributed by atoms with E-state index >= 15 is 0 Å². The first-order valence-corrected chi connectivity index (χ1v) is 12.9. The Bertz CT molecular complexity index is 892. The lowest BCUT2D eigenvalue weighted by molar-refractivity contribution is -0.153. The van der Waals surface area contributed by atoms with E-state index in [4.69, 9.17) is 10.5 Å². The number of esters is 1. The van der Waals surface area contributed by atoms with Crippen molar-refractivity contribution in [1.82, 2.24) is 4.98 Å². The van der Waals surface area contributed by atoms with Crippen LogP contribution in [0.5, 0.6) is 0 Å². The third-order valence-electron chi connectivity index (χ3n) is 6.77. The molecule has 5 atom stereocenters. The normalized spacial score (nSPS) is 30.2. The van der Waals surface area contributed by atoms with Crippen molar-refractivity contribution in [2.24, 2.45) is 23.0 Å². The quantitative estimate of drug-likeness (QED) is 0.430. The van der Waals surface area contributed by atoms with Gasteiger partial charge in [-0.3, -0.25) is 9.59 Å². The first-order chi connectivity index (χ1) is 15.9. The first kappa shape index (κ1) is 28.4. The summed E-state index contributed by atoms with van der Waals surface area (Å²) in [6.07, 6.45) is 5.84. The molecular formula is C26H40N2O5S. The number of Topliss-reactive ketones (excluding diaryl/α,β-unsaturated/α-hetero) is 1. The molecular weight excluding hydrogens is 452 g/mol. The van der Waals surface area contributed by atoms with Gasteiger partial charge in [-0.2, -0.15) is 0 Å². The van der Waals surface area contributed by atoms with Crippen LogP contribution in [0.3, 0.4) is 0 Å². The van der Waals surface area contributed by atoms with Crippen molar-refractivity contribution in [1.29, 1.82) is 0 Å². The summed E-state index contributed by atoms with van der Waals surface area (Å²) in [6, 6.07) is 0. The number of nitrogens with two attached hydrogens (primary N) is 1. The summed E-state index contributed by atoms with van der Waals surface area (Å²) in [5.74, 6) is -1.54. The largest absolute Gasteiger partial charge is 0.458 e. The molecule has 0 aliphatic carbocycles. The fourth-order valence-electron chi connectivity index (χ4n) is 4.19. The van der Waals surface area contributed by atoms with Gasteiger partial charge in [0.05, 0.1) is 29.7 Å². The van der Waals surface area contributed by atoms with Gasteiger partial charge in [0.25, 0.3) is 0 Å². The molecule has 0 bridgehead atoms. The topological polar surface area (TPSA) is 123 Å². The zero-order valence-electron chi connectivity index (χ0n) is 21.0. The van der Waals surface area contributed by atoms with Crippen LogP contribution in [0.1, 0.15) is 77.4 Å². The molecule has 1 aliphatic rings. The number of rotatable bonds is 3. The van der Waals surface area contributed by atoms with Crippen molar-refractivity contribution in [2.45, 2.75) is 91.6 Å². The van der Waals surface area contributed by atoms with Crippen LogP contribution in [-0.4, -0.2) is 45.3 Å². The second-order valence-electron chi connectivity index (χ2n) is 10.00. The predicted octanol–water partition coefficient (Wildman–Crippen LogP) is 4.03. The van der Waals surface area contributed by atoms with Crippen LogP contribution in [0.25, 0.3) is 6.08 Å². The van der Waals surface area contributed by atoms with E-state index < -0.39 is 35.6 Å². The molecule has 4 N–H and O–H groups in total. The second-order valence-corrected chi connectivity index (χ2v) is 10.9. The number of aliphatic hydroxyl groups is 2. The monoisotopic (exact) mass is 492 g/mol. The van der Waals surface area contributed by atoms with E-state index in [9.17, 15) is 19.8 Å². The molecule has 0 aromatic carbocycles. The Balaban J connectivity index is 2.26. The summed E-state index contributed by atoms with van der Waals surface area (Å²) in [7, 11) is 0. The van der Waals surface area contributed by atoms with Gasteiger partial charge in [-0.15, -0.1) is 11.3 Å². The number of allylic oxidation sites excluding steroid dienone is 1. The molecule has 0 saturated heterocycles. The van der Waals surface area contributed by atoms with E-state index in [1.54, 1.807) is 26.8 Å². The van der Waals surface area contributed by atoms with Gasteiger partial charge in [0.1, 0.15) is 16.9 Å².